The van der Waals surface area contributed by atoms with Gasteiger partial charge in [-0.3, -0.25) is 0 Å². The third-order valence-corrected chi connectivity index (χ3v) is 2.59. The molecule has 1 aliphatic rings. The van der Waals surface area contributed by atoms with E-state index in [1.807, 2.05) is 31.2 Å². The van der Waals surface area contributed by atoms with Crippen molar-refractivity contribution in [2.45, 2.75) is 25.6 Å². The largest absolute Gasteiger partial charge is 0.362 e. The van der Waals surface area contributed by atoms with Crippen molar-refractivity contribution in [3.05, 3.63) is 41.5 Å². The SMILES string of the molecule is Cc1ccc(C2=CC(O)(O)CC2)cc1. The van der Waals surface area contributed by atoms with E-state index in [1.54, 1.807) is 0 Å². The maximum Gasteiger partial charge on any atom is 0.183 e. The molecule has 2 nitrogen and oxygen atoms in total. The molecule has 14 heavy (non-hydrogen) atoms. The van der Waals surface area contributed by atoms with Gasteiger partial charge in [0.1, 0.15) is 0 Å². The summed E-state index contributed by atoms with van der Waals surface area (Å²) in [6, 6.07) is 8.10. The topological polar surface area (TPSA) is 40.5 Å². The number of aryl methyl sites for hydroxylation is 1. The summed E-state index contributed by atoms with van der Waals surface area (Å²) >= 11 is 0. The van der Waals surface area contributed by atoms with Crippen LogP contribution in [0.25, 0.3) is 5.57 Å². The lowest BCUT2D eigenvalue weighted by atomic mass is 10.0. The first kappa shape index (κ1) is 9.44. The number of hydrogen-bond donors (Lipinski definition) is 2. The molecule has 0 spiro atoms. The smallest absolute Gasteiger partial charge is 0.183 e. The van der Waals surface area contributed by atoms with Gasteiger partial charge in [0.15, 0.2) is 5.79 Å². The number of allylic oxidation sites excluding steroid dienone is 1. The molecular formula is C12H14O2. The van der Waals surface area contributed by atoms with Crippen molar-refractivity contribution in [3.63, 3.8) is 0 Å². The average molecular weight is 190 g/mol. The number of rotatable bonds is 1. The summed E-state index contributed by atoms with van der Waals surface area (Å²) in [4.78, 5) is 0. The van der Waals surface area contributed by atoms with E-state index in [9.17, 15) is 10.2 Å². The lowest BCUT2D eigenvalue weighted by Crippen LogP contribution is -2.20. The van der Waals surface area contributed by atoms with E-state index in [0.717, 1.165) is 17.6 Å². The third kappa shape index (κ3) is 1.86. The van der Waals surface area contributed by atoms with Gasteiger partial charge in [0.2, 0.25) is 0 Å². The highest BCUT2D eigenvalue weighted by molar-refractivity contribution is 5.68. The number of aliphatic hydroxyl groups is 2. The van der Waals surface area contributed by atoms with Crippen LogP contribution in [0.4, 0.5) is 0 Å². The van der Waals surface area contributed by atoms with Gasteiger partial charge >= 0.3 is 0 Å². The van der Waals surface area contributed by atoms with Crippen LogP contribution >= 0.6 is 0 Å². The maximum absolute atomic E-state index is 9.36. The third-order valence-electron chi connectivity index (χ3n) is 2.59. The van der Waals surface area contributed by atoms with Crippen LogP contribution in [0, 0.1) is 6.92 Å². The van der Waals surface area contributed by atoms with E-state index in [0.29, 0.717) is 6.42 Å². The van der Waals surface area contributed by atoms with Crippen LogP contribution in [-0.4, -0.2) is 16.0 Å². The Balaban J connectivity index is 2.29. The van der Waals surface area contributed by atoms with Crippen LogP contribution in [-0.2, 0) is 0 Å². The van der Waals surface area contributed by atoms with Gasteiger partial charge in [-0.25, -0.2) is 0 Å². The van der Waals surface area contributed by atoms with Gasteiger partial charge in [0.05, 0.1) is 0 Å². The van der Waals surface area contributed by atoms with Crippen molar-refractivity contribution in [1.29, 1.82) is 0 Å². The van der Waals surface area contributed by atoms with Gasteiger partial charge < -0.3 is 10.2 Å². The van der Waals surface area contributed by atoms with Crippen molar-refractivity contribution < 1.29 is 10.2 Å². The van der Waals surface area contributed by atoms with Crippen LogP contribution in [0.3, 0.4) is 0 Å². The van der Waals surface area contributed by atoms with E-state index < -0.39 is 5.79 Å². The molecule has 0 fully saturated rings. The van der Waals surface area contributed by atoms with Crippen molar-refractivity contribution in [2.24, 2.45) is 0 Å². The molecule has 1 aliphatic carbocycles. The summed E-state index contributed by atoms with van der Waals surface area (Å²) in [6.45, 7) is 2.04. The molecule has 0 saturated heterocycles. The Morgan fingerprint density at radius 3 is 2.29 bits per heavy atom. The summed E-state index contributed by atoms with van der Waals surface area (Å²) in [5.41, 5.74) is 3.32. The fourth-order valence-electron chi connectivity index (χ4n) is 1.74. The van der Waals surface area contributed by atoms with E-state index in [2.05, 4.69) is 0 Å². The van der Waals surface area contributed by atoms with Crippen LogP contribution in [0.1, 0.15) is 24.0 Å². The Hall–Kier alpha value is -1.12. The molecule has 2 heteroatoms. The normalized spacial score (nSPS) is 19.5. The first-order valence-corrected chi connectivity index (χ1v) is 4.80. The highest BCUT2D eigenvalue weighted by atomic mass is 16.5. The molecule has 0 radical (unpaired) electrons. The van der Waals surface area contributed by atoms with Crippen LogP contribution in [0.5, 0.6) is 0 Å². The van der Waals surface area contributed by atoms with Crippen LogP contribution in [0.2, 0.25) is 0 Å². The molecule has 0 saturated carbocycles. The monoisotopic (exact) mass is 190 g/mol. The summed E-state index contributed by atoms with van der Waals surface area (Å²) in [5, 5.41) is 18.7. The Morgan fingerprint density at radius 1 is 1.14 bits per heavy atom. The van der Waals surface area contributed by atoms with Gasteiger partial charge in [0.25, 0.3) is 0 Å². The minimum absolute atomic E-state index is 0.399. The van der Waals surface area contributed by atoms with Gasteiger partial charge in [-0.1, -0.05) is 29.8 Å². The van der Waals surface area contributed by atoms with Gasteiger partial charge in [-0.05, 0) is 30.6 Å². The second kappa shape index (κ2) is 3.23. The molecule has 74 valence electrons. The van der Waals surface area contributed by atoms with Gasteiger partial charge in [-0.15, -0.1) is 0 Å². The standard InChI is InChI=1S/C12H14O2/c1-9-2-4-10(5-3-9)11-6-7-12(13,14)8-11/h2-5,8,13-14H,6-7H2,1H3. The van der Waals surface area contributed by atoms with Crippen molar-refractivity contribution in [3.8, 4) is 0 Å². The Kier molecular flexibility index (Phi) is 2.17. The van der Waals surface area contributed by atoms with E-state index in [-0.39, 0.29) is 0 Å². The molecule has 0 unspecified atom stereocenters. The average Bonchev–Trinajstić information content (AvgIpc) is 2.47. The molecule has 2 rings (SSSR count). The van der Waals surface area contributed by atoms with Crippen molar-refractivity contribution in [1.82, 2.24) is 0 Å². The zero-order valence-corrected chi connectivity index (χ0v) is 8.20. The zero-order valence-electron chi connectivity index (χ0n) is 8.20. The molecule has 0 atom stereocenters. The van der Waals surface area contributed by atoms with Gasteiger partial charge in [0, 0.05) is 6.42 Å². The minimum Gasteiger partial charge on any atom is -0.362 e. The molecular weight excluding hydrogens is 176 g/mol. The molecule has 2 N–H and O–H groups in total. The Morgan fingerprint density at radius 2 is 1.79 bits per heavy atom. The molecule has 1 aromatic rings. The summed E-state index contributed by atoms with van der Waals surface area (Å²) in [6.07, 6.45) is 2.67. The lowest BCUT2D eigenvalue weighted by molar-refractivity contribution is -0.116. The number of hydrogen-bond acceptors (Lipinski definition) is 2. The van der Waals surface area contributed by atoms with Crippen LogP contribution < -0.4 is 0 Å². The first-order valence-electron chi connectivity index (χ1n) is 4.80. The predicted molar refractivity (Wildman–Crippen MR) is 55.6 cm³/mol. The molecule has 0 amide bonds. The highest BCUT2D eigenvalue weighted by Gasteiger charge is 2.27. The summed E-state index contributed by atoms with van der Waals surface area (Å²) in [5.74, 6) is -1.60. The minimum atomic E-state index is -1.60. The van der Waals surface area contributed by atoms with E-state index >= 15 is 0 Å². The fraction of sp³-hybridized carbons (Fsp3) is 0.333. The predicted octanol–water partition coefficient (Wildman–Crippen LogP) is 1.85. The Bertz CT molecular complexity index is 360. The fourth-order valence-corrected chi connectivity index (χ4v) is 1.74. The van der Waals surface area contributed by atoms with Gasteiger partial charge in [-0.2, -0.15) is 0 Å². The van der Waals surface area contributed by atoms with Crippen LogP contribution in [0.15, 0.2) is 30.3 Å². The second-order valence-electron chi connectivity index (χ2n) is 3.91. The quantitative estimate of drug-likeness (QED) is 0.663. The molecule has 0 heterocycles. The molecule has 0 aromatic heterocycles. The highest BCUT2D eigenvalue weighted by Crippen LogP contribution is 2.32. The van der Waals surface area contributed by atoms with Crippen molar-refractivity contribution >= 4 is 5.57 Å². The first-order chi connectivity index (χ1) is 6.57. The number of benzene rings is 1. The van der Waals surface area contributed by atoms with E-state index in [1.165, 1.54) is 11.6 Å². The van der Waals surface area contributed by atoms with Crippen molar-refractivity contribution in [2.75, 3.05) is 0 Å². The summed E-state index contributed by atoms with van der Waals surface area (Å²) < 4.78 is 0. The maximum atomic E-state index is 9.36. The summed E-state index contributed by atoms with van der Waals surface area (Å²) in [7, 11) is 0. The lowest BCUT2D eigenvalue weighted by Gasteiger charge is -2.09. The Labute approximate surface area is 83.5 Å². The van der Waals surface area contributed by atoms with E-state index in [4.69, 9.17) is 0 Å². The second-order valence-corrected chi connectivity index (χ2v) is 3.91. The molecule has 0 aliphatic heterocycles. The zero-order chi connectivity index (χ0) is 10.2. The molecule has 0 bridgehead atoms. The molecule has 1 aromatic carbocycles.